The second kappa shape index (κ2) is 7.92. The molecule has 0 spiro atoms. The number of hydrogen-bond donors (Lipinski definition) is 1. The normalized spacial score (nSPS) is 14.3. The molecule has 1 aliphatic carbocycles. The van der Waals surface area contributed by atoms with Crippen LogP contribution >= 0.6 is 0 Å². The number of nitrogens with one attached hydrogen (secondary N) is 1. The third kappa shape index (κ3) is 4.83. The number of nitrogens with zero attached hydrogens (tertiary/aromatic N) is 1. The Balaban J connectivity index is 1.73. The Labute approximate surface area is 130 Å². The predicted octanol–water partition coefficient (Wildman–Crippen LogP) is 2.13. The monoisotopic (exact) mass is 306 g/mol. The molecule has 0 atom stereocenters. The van der Waals surface area contributed by atoms with Crippen LogP contribution in [-0.4, -0.2) is 36.3 Å². The summed E-state index contributed by atoms with van der Waals surface area (Å²) >= 11 is 0. The Morgan fingerprint density at radius 2 is 1.91 bits per heavy atom. The van der Waals surface area contributed by atoms with E-state index in [9.17, 15) is 14.0 Å². The van der Waals surface area contributed by atoms with Crippen LogP contribution in [0.1, 0.15) is 31.7 Å². The molecule has 1 aromatic rings. The lowest BCUT2D eigenvalue weighted by Gasteiger charge is -2.25. The van der Waals surface area contributed by atoms with Gasteiger partial charge in [-0.1, -0.05) is 18.6 Å². The average Bonchev–Trinajstić information content (AvgIpc) is 2.42. The lowest BCUT2D eigenvalue weighted by molar-refractivity contribution is -0.130. The van der Waals surface area contributed by atoms with Crippen molar-refractivity contribution in [1.82, 2.24) is 10.2 Å². The Morgan fingerprint density at radius 3 is 2.45 bits per heavy atom. The first kappa shape index (κ1) is 16.5. The highest BCUT2D eigenvalue weighted by Gasteiger charge is 2.24. The van der Waals surface area contributed by atoms with Crippen molar-refractivity contribution in [2.24, 2.45) is 5.92 Å². The van der Waals surface area contributed by atoms with Gasteiger partial charge in [0.15, 0.2) is 0 Å². The predicted molar refractivity (Wildman–Crippen MR) is 82.7 cm³/mol. The van der Waals surface area contributed by atoms with Crippen molar-refractivity contribution in [2.45, 2.75) is 32.6 Å². The fourth-order valence-corrected chi connectivity index (χ4v) is 2.47. The topological polar surface area (TPSA) is 49.4 Å². The molecule has 1 N–H and O–H groups in total. The number of benzene rings is 1. The van der Waals surface area contributed by atoms with Crippen LogP contribution in [0.25, 0.3) is 0 Å². The highest BCUT2D eigenvalue weighted by molar-refractivity contribution is 5.79. The zero-order valence-corrected chi connectivity index (χ0v) is 13.0. The summed E-state index contributed by atoms with van der Waals surface area (Å²) in [4.78, 5) is 25.1. The summed E-state index contributed by atoms with van der Waals surface area (Å²) in [5.41, 5.74) is 0.992. The minimum Gasteiger partial charge on any atom is -0.354 e. The van der Waals surface area contributed by atoms with E-state index in [4.69, 9.17) is 0 Å². The molecule has 2 amide bonds. The fraction of sp³-hybridized carbons (Fsp3) is 0.529. The minimum absolute atomic E-state index is 0.0139. The number of halogens is 1. The third-order valence-electron chi connectivity index (χ3n) is 4.19. The summed E-state index contributed by atoms with van der Waals surface area (Å²) < 4.78 is 12.9. The van der Waals surface area contributed by atoms with Gasteiger partial charge in [0.25, 0.3) is 0 Å². The van der Waals surface area contributed by atoms with Crippen molar-refractivity contribution in [2.75, 3.05) is 19.6 Å². The van der Waals surface area contributed by atoms with E-state index in [0.717, 1.165) is 24.8 Å². The Hall–Kier alpha value is -1.91. The minimum atomic E-state index is -0.258. The molecule has 0 bridgehead atoms. The molecule has 1 fully saturated rings. The first-order valence-electron chi connectivity index (χ1n) is 7.84. The molecule has 0 aromatic heterocycles. The van der Waals surface area contributed by atoms with Gasteiger partial charge in [-0.15, -0.1) is 0 Å². The number of amides is 2. The molecule has 4 nitrogen and oxygen atoms in total. The number of carbonyl (C=O) groups is 2. The molecule has 0 radical (unpaired) electrons. The average molecular weight is 306 g/mol. The van der Waals surface area contributed by atoms with Crippen LogP contribution in [0.4, 0.5) is 4.39 Å². The molecule has 5 heteroatoms. The van der Waals surface area contributed by atoms with Gasteiger partial charge in [-0.05, 0) is 37.0 Å². The molecule has 120 valence electrons. The molecular weight excluding hydrogens is 283 g/mol. The standard InChI is InChI=1S/C17H23FN2O2/c1-13(21)20(11-9-14-5-7-16(18)8-6-14)12-10-19-17(22)15-3-2-4-15/h5-8,15H,2-4,9-12H2,1H3,(H,19,22). The van der Waals surface area contributed by atoms with E-state index < -0.39 is 0 Å². The molecule has 1 aliphatic rings. The first-order chi connectivity index (χ1) is 10.6. The smallest absolute Gasteiger partial charge is 0.223 e. The SMILES string of the molecule is CC(=O)N(CCNC(=O)C1CCC1)CCc1ccc(F)cc1. The second-order valence-corrected chi connectivity index (χ2v) is 5.80. The fourth-order valence-electron chi connectivity index (χ4n) is 2.47. The molecule has 1 saturated carbocycles. The van der Waals surface area contributed by atoms with Crippen LogP contribution in [0.3, 0.4) is 0 Å². The summed E-state index contributed by atoms with van der Waals surface area (Å²) in [6.07, 6.45) is 3.77. The van der Waals surface area contributed by atoms with E-state index in [1.165, 1.54) is 19.1 Å². The summed E-state index contributed by atoms with van der Waals surface area (Å²) in [7, 11) is 0. The van der Waals surface area contributed by atoms with Crippen LogP contribution in [-0.2, 0) is 16.0 Å². The van der Waals surface area contributed by atoms with Crippen molar-refractivity contribution in [3.8, 4) is 0 Å². The van der Waals surface area contributed by atoms with Crippen molar-refractivity contribution in [1.29, 1.82) is 0 Å². The highest BCUT2D eigenvalue weighted by atomic mass is 19.1. The lowest BCUT2D eigenvalue weighted by atomic mass is 9.85. The Kier molecular flexibility index (Phi) is 5.92. The maximum absolute atomic E-state index is 12.9. The zero-order valence-electron chi connectivity index (χ0n) is 13.0. The van der Waals surface area contributed by atoms with Crippen molar-refractivity contribution in [3.05, 3.63) is 35.6 Å². The van der Waals surface area contributed by atoms with Crippen LogP contribution in [0, 0.1) is 11.7 Å². The van der Waals surface area contributed by atoms with Gasteiger partial charge in [0.1, 0.15) is 5.82 Å². The molecule has 1 aromatic carbocycles. The molecule has 2 rings (SSSR count). The third-order valence-corrected chi connectivity index (χ3v) is 4.19. The zero-order chi connectivity index (χ0) is 15.9. The quantitative estimate of drug-likeness (QED) is 0.839. The maximum atomic E-state index is 12.9. The highest BCUT2D eigenvalue weighted by Crippen LogP contribution is 2.25. The summed E-state index contributed by atoms with van der Waals surface area (Å²) in [5.74, 6) is 0.00386. The van der Waals surface area contributed by atoms with E-state index >= 15 is 0 Å². The molecule has 22 heavy (non-hydrogen) atoms. The van der Waals surface area contributed by atoms with E-state index in [-0.39, 0.29) is 23.5 Å². The van der Waals surface area contributed by atoms with Gasteiger partial charge in [0, 0.05) is 32.5 Å². The van der Waals surface area contributed by atoms with Crippen LogP contribution in [0.2, 0.25) is 0 Å². The summed E-state index contributed by atoms with van der Waals surface area (Å²) in [6.45, 7) is 3.09. The van der Waals surface area contributed by atoms with Crippen molar-refractivity contribution >= 4 is 11.8 Å². The molecule has 0 saturated heterocycles. The van der Waals surface area contributed by atoms with E-state index in [2.05, 4.69) is 5.32 Å². The van der Waals surface area contributed by atoms with Crippen LogP contribution in [0.5, 0.6) is 0 Å². The Morgan fingerprint density at radius 1 is 1.23 bits per heavy atom. The largest absolute Gasteiger partial charge is 0.354 e. The van der Waals surface area contributed by atoms with Crippen molar-refractivity contribution < 1.29 is 14.0 Å². The van der Waals surface area contributed by atoms with Gasteiger partial charge in [0.05, 0.1) is 0 Å². The number of rotatable bonds is 7. The van der Waals surface area contributed by atoms with Gasteiger partial charge in [0.2, 0.25) is 11.8 Å². The molecular formula is C17H23FN2O2. The van der Waals surface area contributed by atoms with Gasteiger partial charge < -0.3 is 10.2 Å². The van der Waals surface area contributed by atoms with Gasteiger partial charge in [-0.3, -0.25) is 9.59 Å². The molecule has 0 unspecified atom stereocenters. The van der Waals surface area contributed by atoms with Gasteiger partial charge in [-0.25, -0.2) is 4.39 Å². The first-order valence-corrected chi connectivity index (χ1v) is 7.84. The summed E-state index contributed by atoms with van der Waals surface area (Å²) in [6, 6.07) is 6.30. The van der Waals surface area contributed by atoms with Gasteiger partial charge in [-0.2, -0.15) is 0 Å². The van der Waals surface area contributed by atoms with Crippen LogP contribution in [0.15, 0.2) is 24.3 Å². The van der Waals surface area contributed by atoms with E-state index in [1.54, 1.807) is 17.0 Å². The molecule has 0 aliphatic heterocycles. The number of hydrogen-bond acceptors (Lipinski definition) is 2. The Bertz CT molecular complexity index is 512. The second-order valence-electron chi connectivity index (χ2n) is 5.80. The van der Waals surface area contributed by atoms with Crippen molar-refractivity contribution in [3.63, 3.8) is 0 Å². The molecule has 0 heterocycles. The lowest BCUT2D eigenvalue weighted by Crippen LogP contribution is -2.41. The van der Waals surface area contributed by atoms with Gasteiger partial charge >= 0.3 is 0 Å². The van der Waals surface area contributed by atoms with E-state index in [0.29, 0.717) is 26.1 Å². The number of carbonyl (C=O) groups excluding carboxylic acids is 2. The van der Waals surface area contributed by atoms with Crippen LogP contribution < -0.4 is 5.32 Å². The van der Waals surface area contributed by atoms with E-state index in [1.807, 2.05) is 0 Å². The summed E-state index contributed by atoms with van der Waals surface area (Å²) in [5, 5.41) is 2.89. The maximum Gasteiger partial charge on any atom is 0.223 e.